The van der Waals surface area contributed by atoms with Gasteiger partial charge in [0.2, 0.25) is 0 Å². The number of benzene rings is 4. The molecule has 0 saturated carbocycles. The molecule has 0 N–H and O–H groups in total. The van der Waals surface area contributed by atoms with Crippen LogP contribution in [0.2, 0.25) is 0 Å². The van der Waals surface area contributed by atoms with Gasteiger partial charge in [0.15, 0.2) is 0 Å². The monoisotopic (exact) mass is 753 g/mol. The lowest BCUT2D eigenvalue weighted by molar-refractivity contribution is 0.583. The summed E-state index contributed by atoms with van der Waals surface area (Å²) in [4.78, 5) is 4.94. The van der Waals surface area contributed by atoms with Crippen molar-refractivity contribution in [2.24, 2.45) is 4.99 Å². The molecule has 57 heavy (non-hydrogen) atoms. The van der Waals surface area contributed by atoms with Crippen LogP contribution in [-0.2, 0) is 6.42 Å². The topological polar surface area (TPSA) is 22.2 Å². The first-order chi connectivity index (χ1) is 28.2. The van der Waals surface area contributed by atoms with E-state index in [1.165, 1.54) is 91.8 Å². The molecule has 0 spiro atoms. The number of hydrogen-bond donors (Lipinski definition) is 0. The Morgan fingerprint density at radius 3 is 2.51 bits per heavy atom. The maximum atomic E-state index is 4.94. The SMILES string of the molecule is C1=CCCC(C2=CC(C3CC=CC=N3)=CC(n3c4c(c5ccccc53)=CC(c3ccc5c(c3)c3c(n5-c5ccc6sc7ccccc7c6c5)C=CCC3)CC=4)C2)=C1. The van der Waals surface area contributed by atoms with E-state index in [-0.39, 0.29) is 12.1 Å². The summed E-state index contributed by atoms with van der Waals surface area (Å²) in [6, 6.07) is 32.7. The zero-order valence-electron chi connectivity index (χ0n) is 31.9. The fourth-order valence-corrected chi connectivity index (χ4v) is 11.5. The Hall–Kier alpha value is -5.97. The maximum Gasteiger partial charge on any atom is 0.0781 e. The lowest BCUT2D eigenvalue weighted by atomic mass is 9.84. The maximum absolute atomic E-state index is 4.94. The van der Waals surface area contributed by atoms with Crippen molar-refractivity contribution in [1.82, 2.24) is 9.13 Å². The van der Waals surface area contributed by atoms with E-state index < -0.39 is 0 Å². The van der Waals surface area contributed by atoms with Crippen LogP contribution < -0.4 is 10.6 Å². The number of rotatable bonds is 5. The van der Waals surface area contributed by atoms with Gasteiger partial charge in [-0.3, -0.25) is 4.99 Å². The number of hydrogen-bond acceptors (Lipinski definition) is 2. The highest BCUT2D eigenvalue weighted by atomic mass is 32.1. The molecule has 5 aliphatic rings. The van der Waals surface area contributed by atoms with Gasteiger partial charge < -0.3 is 9.13 Å². The van der Waals surface area contributed by atoms with Crippen LogP contribution in [0.3, 0.4) is 0 Å². The first kappa shape index (κ1) is 33.2. The minimum Gasteiger partial charge on any atom is -0.333 e. The Labute approximate surface area is 336 Å². The van der Waals surface area contributed by atoms with E-state index in [9.17, 15) is 0 Å². The first-order valence-electron chi connectivity index (χ1n) is 20.8. The minimum absolute atomic E-state index is 0.176. The van der Waals surface area contributed by atoms with E-state index in [1.807, 2.05) is 17.6 Å². The Balaban J connectivity index is 0.966. The summed E-state index contributed by atoms with van der Waals surface area (Å²) < 4.78 is 7.87. The lowest BCUT2D eigenvalue weighted by Crippen LogP contribution is -2.35. The van der Waals surface area contributed by atoms with Crippen LogP contribution in [0.4, 0.5) is 0 Å². The van der Waals surface area contributed by atoms with Crippen molar-refractivity contribution in [2.45, 2.75) is 62.9 Å². The van der Waals surface area contributed by atoms with E-state index >= 15 is 0 Å². The van der Waals surface area contributed by atoms with Crippen LogP contribution in [0.15, 0.2) is 155 Å². The number of dihydropyridines is 1. The standard InChI is InChI=1S/C53H43N3S/c1-2-12-34(13-3-1)37-28-38(47-17-10-11-27-54-47)30-40(29-37)56-49-19-8-5-15-42(49)45-32-36(22-25-51(45)56)35-21-24-50-44(31-35)41-14-4-7-18-48(41)55(50)39-23-26-53-46(33-39)43-16-6-9-20-52(43)57-53/h1-2,5-12,15-16,18-21,23-28,30-33,36,40,47H,3-4,13-14,17,22,29H2. The molecule has 7 aromatic rings. The van der Waals surface area contributed by atoms with E-state index in [1.54, 1.807) is 0 Å². The van der Waals surface area contributed by atoms with Gasteiger partial charge in [0.05, 0.1) is 17.6 Å². The summed E-state index contributed by atoms with van der Waals surface area (Å²) in [6.45, 7) is 0. The number of fused-ring (bicyclic) bond motifs is 9. The fourth-order valence-electron chi connectivity index (χ4n) is 10.4. The van der Waals surface area contributed by atoms with Crippen molar-refractivity contribution in [3.8, 4) is 5.69 Å². The molecular formula is C53H43N3S. The second-order valence-electron chi connectivity index (χ2n) is 16.3. The summed E-state index contributed by atoms with van der Waals surface area (Å²) >= 11 is 1.89. The molecule has 0 amide bonds. The third-order valence-corrected chi connectivity index (χ3v) is 14.2. The smallest absolute Gasteiger partial charge is 0.0781 e. The predicted octanol–water partition coefficient (Wildman–Crippen LogP) is 12.1. The summed E-state index contributed by atoms with van der Waals surface area (Å²) in [5.41, 5.74) is 12.4. The van der Waals surface area contributed by atoms with Gasteiger partial charge in [0.1, 0.15) is 0 Å². The minimum atomic E-state index is 0.176. The Morgan fingerprint density at radius 2 is 1.60 bits per heavy atom. The molecular weight excluding hydrogens is 711 g/mol. The molecule has 3 aromatic heterocycles. The second-order valence-corrected chi connectivity index (χ2v) is 17.4. The Kier molecular flexibility index (Phi) is 7.76. The number of aromatic nitrogens is 2. The second kappa shape index (κ2) is 13.3. The Bertz CT molecular complexity index is 3180. The molecule has 3 unspecified atom stereocenters. The van der Waals surface area contributed by atoms with Crippen LogP contribution in [0.5, 0.6) is 0 Å². The van der Waals surface area contributed by atoms with Crippen molar-refractivity contribution < 1.29 is 0 Å². The molecule has 12 rings (SSSR count). The highest BCUT2D eigenvalue weighted by Crippen LogP contribution is 2.41. The van der Waals surface area contributed by atoms with Crippen molar-refractivity contribution >= 4 is 77.8 Å². The number of para-hydroxylation sites is 1. The number of aliphatic imine (C=N–C) groups is 1. The van der Waals surface area contributed by atoms with Gasteiger partial charge in [0, 0.05) is 70.5 Å². The highest BCUT2D eigenvalue weighted by molar-refractivity contribution is 7.25. The van der Waals surface area contributed by atoms with Gasteiger partial charge in [-0.25, -0.2) is 0 Å². The highest BCUT2D eigenvalue weighted by Gasteiger charge is 2.27. The van der Waals surface area contributed by atoms with Crippen LogP contribution in [-0.4, -0.2) is 21.4 Å². The van der Waals surface area contributed by atoms with Crippen molar-refractivity contribution in [1.29, 1.82) is 0 Å². The van der Waals surface area contributed by atoms with Crippen LogP contribution in [0.1, 0.15) is 67.3 Å². The molecule has 4 aliphatic carbocycles. The van der Waals surface area contributed by atoms with Crippen molar-refractivity contribution in [2.75, 3.05) is 0 Å². The molecule has 4 aromatic carbocycles. The van der Waals surface area contributed by atoms with Crippen LogP contribution in [0, 0.1) is 0 Å². The average molecular weight is 754 g/mol. The normalized spacial score (nSPS) is 21.3. The van der Waals surface area contributed by atoms with Gasteiger partial charge in [0.25, 0.3) is 0 Å². The molecule has 0 bridgehead atoms. The fraction of sp³-hybridized carbons (Fsp3) is 0.189. The molecule has 3 atom stereocenters. The van der Waals surface area contributed by atoms with E-state index in [4.69, 9.17) is 4.99 Å². The number of aryl methyl sites for hydroxylation is 1. The summed E-state index contributed by atoms with van der Waals surface area (Å²) in [7, 11) is 0. The summed E-state index contributed by atoms with van der Waals surface area (Å²) in [5.74, 6) is 0.309. The zero-order chi connectivity index (χ0) is 37.5. The molecule has 0 radical (unpaired) electrons. The summed E-state index contributed by atoms with van der Waals surface area (Å²) in [5, 5.41) is 8.19. The third-order valence-electron chi connectivity index (χ3n) is 13.1. The van der Waals surface area contributed by atoms with Crippen molar-refractivity contribution in [3.63, 3.8) is 0 Å². The Morgan fingerprint density at radius 1 is 0.702 bits per heavy atom. The molecule has 1 aliphatic heterocycles. The molecule has 4 heterocycles. The lowest BCUT2D eigenvalue weighted by Gasteiger charge is -2.29. The van der Waals surface area contributed by atoms with Gasteiger partial charge in [-0.15, -0.1) is 11.3 Å². The average Bonchev–Trinajstić information content (AvgIpc) is 3.94. The molecule has 276 valence electrons. The van der Waals surface area contributed by atoms with E-state index in [2.05, 4.69) is 161 Å². The first-order valence-corrected chi connectivity index (χ1v) is 21.6. The van der Waals surface area contributed by atoms with Crippen molar-refractivity contribution in [3.05, 3.63) is 178 Å². The van der Waals surface area contributed by atoms with Gasteiger partial charge in [-0.05, 0) is 127 Å². The zero-order valence-corrected chi connectivity index (χ0v) is 32.8. The molecule has 3 nitrogen and oxygen atoms in total. The number of allylic oxidation sites excluding steroid dienone is 8. The number of nitrogens with zero attached hydrogens (tertiary/aromatic N) is 3. The van der Waals surface area contributed by atoms with Gasteiger partial charge >= 0.3 is 0 Å². The molecule has 4 heteroatoms. The number of thiophene rings is 1. The van der Waals surface area contributed by atoms with Gasteiger partial charge in [-0.1, -0.05) is 97.1 Å². The summed E-state index contributed by atoms with van der Waals surface area (Å²) in [6.07, 6.45) is 35.4. The van der Waals surface area contributed by atoms with Crippen LogP contribution >= 0.6 is 11.3 Å². The van der Waals surface area contributed by atoms with E-state index in [0.717, 1.165) is 44.9 Å². The molecule has 0 fully saturated rings. The molecule has 0 saturated heterocycles. The predicted molar refractivity (Wildman–Crippen MR) is 243 cm³/mol. The van der Waals surface area contributed by atoms with Gasteiger partial charge in [-0.2, -0.15) is 0 Å². The van der Waals surface area contributed by atoms with Crippen LogP contribution in [0.25, 0.3) is 65.9 Å². The quantitative estimate of drug-likeness (QED) is 0.167. The largest absolute Gasteiger partial charge is 0.333 e. The third kappa shape index (κ3) is 5.41. The van der Waals surface area contributed by atoms with E-state index in [0.29, 0.717) is 5.92 Å².